The molecule has 2 aromatic rings. The molecular formula is C18H20BrN3O2. The molecule has 0 aliphatic heterocycles. The molecule has 1 atom stereocenters. The van der Waals surface area contributed by atoms with Crippen molar-refractivity contribution in [3.05, 3.63) is 57.6 Å². The summed E-state index contributed by atoms with van der Waals surface area (Å²) in [5.74, 6) is -0.168. The molecule has 6 heteroatoms. The Kier molecular flexibility index (Phi) is 5.98. The Balaban J connectivity index is 1.96. The minimum Gasteiger partial charge on any atom is -0.507 e. The van der Waals surface area contributed by atoms with Crippen LogP contribution in [0, 0.1) is 13.8 Å². The van der Waals surface area contributed by atoms with Gasteiger partial charge >= 0.3 is 0 Å². The zero-order valence-electron chi connectivity index (χ0n) is 13.8. The van der Waals surface area contributed by atoms with Crippen LogP contribution in [0.4, 0.5) is 5.69 Å². The molecule has 0 saturated heterocycles. The highest BCUT2D eigenvalue weighted by molar-refractivity contribution is 9.10. The van der Waals surface area contributed by atoms with Crippen LogP contribution in [0.15, 0.2) is 46.0 Å². The number of carbonyl (C=O) groups is 1. The van der Waals surface area contributed by atoms with Gasteiger partial charge in [-0.1, -0.05) is 33.6 Å². The predicted molar refractivity (Wildman–Crippen MR) is 101 cm³/mol. The fourth-order valence-electron chi connectivity index (χ4n) is 2.17. The number of nitrogens with one attached hydrogen (secondary N) is 2. The largest absolute Gasteiger partial charge is 0.507 e. The third-order valence-corrected chi connectivity index (χ3v) is 4.01. The molecule has 0 radical (unpaired) electrons. The number of aryl methyl sites for hydroxylation is 2. The van der Waals surface area contributed by atoms with E-state index in [1.165, 1.54) is 11.8 Å². The van der Waals surface area contributed by atoms with E-state index >= 15 is 0 Å². The monoisotopic (exact) mass is 389 g/mol. The summed E-state index contributed by atoms with van der Waals surface area (Å²) in [6.07, 6.45) is 1.40. The molecule has 126 valence electrons. The van der Waals surface area contributed by atoms with E-state index in [0.29, 0.717) is 5.56 Å². The number of carbonyl (C=O) groups excluding carboxylic acids is 1. The third-order valence-electron chi connectivity index (χ3n) is 3.52. The highest BCUT2D eigenvalue weighted by Gasteiger charge is 2.12. The summed E-state index contributed by atoms with van der Waals surface area (Å²) in [4.78, 5) is 12.1. The van der Waals surface area contributed by atoms with Crippen molar-refractivity contribution in [3.63, 3.8) is 0 Å². The number of nitrogens with zero attached hydrogens (tertiary/aromatic N) is 1. The average molecular weight is 390 g/mol. The lowest BCUT2D eigenvalue weighted by atomic mass is 10.1. The van der Waals surface area contributed by atoms with Crippen molar-refractivity contribution in [1.82, 2.24) is 5.43 Å². The van der Waals surface area contributed by atoms with Gasteiger partial charge in [-0.2, -0.15) is 5.10 Å². The van der Waals surface area contributed by atoms with Crippen LogP contribution in [-0.4, -0.2) is 23.3 Å². The molecule has 0 aromatic heterocycles. The van der Waals surface area contributed by atoms with E-state index in [2.05, 4.69) is 37.8 Å². The van der Waals surface area contributed by atoms with Crippen LogP contribution in [0.3, 0.4) is 0 Å². The molecule has 5 nitrogen and oxygen atoms in total. The van der Waals surface area contributed by atoms with Crippen molar-refractivity contribution >= 4 is 33.7 Å². The fraction of sp³-hybridized carbons (Fsp3) is 0.222. The van der Waals surface area contributed by atoms with Crippen LogP contribution in [0.5, 0.6) is 5.75 Å². The molecule has 2 rings (SSSR count). The third kappa shape index (κ3) is 4.83. The first-order chi connectivity index (χ1) is 11.4. The summed E-state index contributed by atoms with van der Waals surface area (Å²) in [5.41, 5.74) is 6.15. The van der Waals surface area contributed by atoms with E-state index in [1.54, 1.807) is 25.1 Å². The Morgan fingerprint density at radius 1 is 1.25 bits per heavy atom. The maximum Gasteiger partial charge on any atom is 0.262 e. The number of phenols is 1. The normalized spacial score (nSPS) is 12.2. The summed E-state index contributed by atoms with van der Waals surface area (Å²) in [6.45, 7) is 5.79. The van der Waals surface area contributed by atoms with Crippen LogP contribution in [0.2, 0.25) is 0 Å². The van der Waals surface area contributed by atoms with Gasteiger partial charge in [-0.25, -0.2) is 5.43 Å². The summed E-state index contributed by atoms with van der Waals surface area (Å²) in [7, 11) is 0. The predicted octanol–water partition coefficient (Wildman–Crippen LogP) is 3.72. The summed E-state index contributed by atoms with van der Waals surface area (Å²) in [5, 5.41) is 16.8. The standard InChI is InChI=1S/C18H20BrN3O2/c1-11-4-6-16(12(2)8-11)21-13(3)18(24)22-20-10-14-9-15(19)5-7-17(14)23/h4-10,13,21,23H,1-3H3,(H,22,24)/t13-/m0/s1. The fourth-order valence-corrected chi connectivity index (χ4v) is 2.54. The summed E-state index contributed by atoms with van der Waals surface area (Å²) < 4.78 is 0.818. The van der Waals surface area contributed by atoms with Gasteiger partial charge in [0.15, 0.2) is 0 Å². The van der Waals surface area contributed by atoms with E-state index in [-0.39, 0.29) is 11.7 Å². The van der Waals surface area contributed by atoms with Crippen LogP contribution < -0.4 is 10.7 Å². The number of amides is 1. The molecule has 0 fully saturated rings. The molecule has 0 aliphatic rings. The van der Waals surface area contributed by atoms with Gasteiger partial charge in [-0.15, -0.1) is 0 Å². The number of hydrogen-bond acceptors (Lipinski definition) is 4. The van der Waals surface area contributed by atoms with Crippen molar-refractivity contribution < 1.29 is 9.90 Å². The Morgan fingerprint density at radius 3 is 2.71 bits per heavy atom. The minimum atomic E-state index is -0.445. The molecule has 24 heavy (non-hydrogen) atoms. The number of benzene rings is 2. The Hall–Kier alpha value is -2.34. The van der Waals surface area contributed by atoms with Gasteiger partial charge < -0.3 is 10.4 Å². The molecule has 1 amide bonds. The highest BCUT2D eigenvalue weighted by atomic mass is 79.9. The zero-order chi connectivity index (χ0) is 17.7. The first-order valence-corrected chi connectivity index (χ1v) is 8.31. The van der Waals surface area contributed by atoms with Crippen molar-refractivity contribution in [3.8, 4) is 5.75 Å². The van der Waals surface area contributed by atoms with Gasteiger partial charge in [0.25, 0.3) is 5.91 Å². The number of phenolic OH excluding ortho intramolecular Hbond substituents is 1. The first kappa shape index (κ1) is 18.0. The van der Waals surface area contributed by atoms with Gasteiger partial charge in [-0.3, -0.25) is 4.79 Å². The van der Waals surface area contributed by atoms with Gasteiger partial charge in [0.2, 0.25) is 0 Å². The smallest absolute Gasteiger partial charge is 0.262 e. The van der Waals surface area contributed by atoms with Gasteiger partial charge in [0.05, 0.1) is 6.21 Å². The maximum atomic E-state index is 12.1. The SMILES string of the molecule is Cc1ccc(N[C@@H](C)C(=O)NN=Cc2cc(Br)ccc2O)c(C)c1. The molecule has 0 heterocycles. The maximum absolute atomic E-state index is 12.1. The van der Waals surface area contributed by atoms with Crippen molar-refractivity contribution in [2.45, 2.75) is 26.8 Å². The first-order valence-electron chi connectivity index (χ1n) is 7.52. The lowest BCUT2D eigenvalue weighted by Crippen LogP contribution is -2.35. The van der Waals surface area contributed by atoms with E-state index in [9.17, 15) is 9.90 Å². The quantitative estimate of drug-likeness (QED) is 0.538. The summed E-state index contributed by atoms with van der Waals surface area (Å²) >= 11 is 3.32. The van der Waals surface area contributed by atoms with Gasteiger partial charge in [0, 0.05) is 15.7 Å². The number of halogens is 1. The number of hydrogen-bond donors (Lipinski definition) is 3. The van der Waals surface area contributed by atoms with E-state index in [4.69, 9.17) is 0 Å². The second kappa shape index (κ2) is 7.97. The van der Waals surface area contributed by atoms with Crippen LogP contribution in [0.1, 0.15) is 23.6 Å². The van der Waals surface area contributed by atoms with E-state index in [1.807, 2.05) is 26.0 Å². The van der Waals surface area contributed by atoms with Crippen LogP contribution in [0.25, 0.3) is 0 Å². The second-order valence-corrected chi connectivity index (χ2v) is 6.54. The topological polar surface area (TPSA) is 73.7 Å². The molecule has 2 aromatic carbocycles. The van der Waals surface area contributed by atoms with E-state index < -0.39 is 6.04 Å². The Labute approximate surface area is 149 Å². The Morgan fingerprint density at radius 2 is 2.00 bits per heavy atom. The molecule has 0 unspecified atom stereocenters. The van der Waals surface area contributed by atoms with Crippen LogP contribution in [-0.2, 0) is 4.79 Å². The van der Waals surface area contributed by atoms with Crippen LogP contribution >= 0.6 is 15.9 Å². The molecule has 0 aliphatic carbocycles. The molecule has 3 N–H and O–H groups in total. The number of rotatable bonds is 5. The molecule has 0 spiro atoms. The van der Waals surface area contributed by atoms with Gasteiger partial charge in [-0.05, 0) is 50.6 Å². The molecule has 0 bridgehead atoms. The van der Waals surface area contributed by atoms with Crippen molar-refractivity contribution in [2.24, 2.45) is 5.10 Å². The number of hydrazone groups is 1. The average Bonchev–Trinajstić information content (AvgIpc) is 2.53. The lowest BCUT2D eigenvalue weighted by molar-refractivity contribution is -0.121. The summed E-state index contributed by atoms with van der Waals surface area (Å²) in [6, 6.07) is 10.5. The van der Waals surface area contributed by atoms with Crippen molar-refractivity contribution in [2.75, 3.05) is 5.32 Å². The van der Waals surface area contributed by atoms with Gasteiger partial charge in [0.1, 0.15) is 11.8 Å². The lowest BCUT2D eigenvalue weighted by Gasteiger charge is -2.15. The number of aromatic hydroxyl groups is 1. The number of anilines is 1. The van der Waals surface area contributed by atoms with E-state index in [0.717, 1.165) is 15.7 Å². The zero-order valence-corrected chi connectivity index (χ0v) is 15.4. The second-order valence-electron chi connectivity index (χ2n) is 5.62. The highest BCUT2D eigenvalue weighted by Crippen LogP contribution is 2.20. The molecular weight excluding hydrogens is 370 g/mol. The Bertz CT molecular complexity index is 775. The van der Waals surface area contributed by atoms with Crippen molar-refractivity contribution in [1.29, 1.82) is 0 Å². The minimum absolute atomic E-state index is 0.0950. The molecule has 0 saturated carbocycles.